The molecule has 2 aromatic rings. The van der Waals surface area contributed by atoms with E-state index in [9.17, 15) is 13.2 Å². The van der Waals surface area contributed by atoms with Crippen molar-refractivity contribution >= 4 is 38.9 Å². The Labute approximate surface area is 163 Å². The quantitative estimate of drug-likeness (QED) is 0.785. The average Bonchev–Trinajstić information content (AvgIpc) is 2.62. The number of halogens is 1. The summed E-state index contributed by atoms with van der Waals surface area (Å²) in [6.07, 6.45) is 0. The van der Waals surface area contributed by atoms with E-state index in [4.69, 9.17) is 16.7 Å². The lowest BCUT2D eigenvalue weighted by atomic mass is 10.2. The first-order chi connectivity index (χ1) is 12.8. The van der Waals surface area contributed by atoms with Gasteiger partial charge in [0.15, 0.2) is 0 Å². The maximum atomic E-state index is 12.3. The molecule has 1 aliphatic heterocycles. The average molecular weight is 409 g/mol. The number of piperazine rings is 1. The van der Waals surface area contributed by atoms with Crippen LogP contribution in [0.5, 0.6) is 0 Å². The summed E-state index contributed by atoms with van der Waals surface area (Å²) in [6.45, 7) is 3.25. The minimum Gasteiger partial charge on any atom is -0.368 e. The normalized spacial score (nSPS) is 15.6. The van der Waals surface area contributed by atoms with E-state index in [0.717, 1.165) is 36.9 Å². The molecule has 1 fully saturated rings. The van der Waals surface area contributed by atoms with Crippen molar-refractivity contribution in [2.75, 3.05) is 42.9 Å². The molecule has 0 aliphatic carbocycles. The van der Waals surface area contributed by atoms with Gasteiger partial charge >= 0.3 is 0 Å². The number of nitrogens with two attached hydrogens (primary N) is 1. The molecule has 3 rings (SSSR count). The van der Waals surface area contributed by atoms with E-state index >= 15 is 0 Å². The van der Waals surface area contributed by atoms with E-state index < -0.39 is 10.0 Å². The van der Waals surface area contributed by atoms with Gasteiger partial charge in [-0.25, -0.2) is 13.6 Å². The van der Waals surface area contributed by atoms with Gasteiger partial charge in [-0.3, -0.25) is 9.69 Å². The van der Waals surface area contributed by atoms with Crippen molar-refractivity contribution in [3.8, 4) is 0 Å². The number of carbonyl (C=O) groups excluding carboxylic acids is 1. The summed E-state index contributed by atoms with van der Waals surface area (Å²) in [7, 11) is -3.80. The molecule has 0 spiro atoms. The third kappa shape index (κ3) is 5.20. The van der Waals surface area contributed by atoms with Gasteiger partial charge in [0.05, 0.1) is 22.2 Å². The van der Waals surface area contributed by atoms with Crippen molar-refractivity contribution < 1.29 is 13.2 Å². The zero-order chi connectivity index (χ0) is 19.4. The molecular formula is C18H21ClN4O3S. The maximum absolute atomic E-state index is 12.3. The van der Waals surface area contributed by atoms with E-state index in [2.05, 4.69) is 10.2 Å². The van der Waals surface area contributed by atoms with Crippen LogP contribution < -0.4 is 15.4 Å². The number of hydrogen-bond donors (Lipinski definition) is 2. The largest absolute Gasteiger partial charge is 0.368 e. The third-order valence-electron chi connectivity index (χ3n) is 4.38. The predicted molar refractivity (Wildman–Crippen MR) is 107 cm³/mol. The molecule has 27 heavy (non-hydrogen) atoms. The van der Waals surface area contributed by atoms with Crippen molar-refractivity contribution in [2.24, 2.45) is 5.14 Å². The van der Waals surface area contributed by atoms with Gasteiger partial charge in [0, 0.05) is 31.9 Å². The Morgan fingerprint density at radius 1 is 1.07 bits per heavy atom. The molecule has 0 saturated carbocycles. The number of amides is 1. The Bertz CT molecular complexity index is 928. The molecule has 3 N–H and O–H groups in total. The van der Waals surface area contributed by atoms with Crippen LogP contribution >= 0.6 is 11.6 Å². The molecule has 1 saturated heterocycles. The van der Waals surface area contributed by atoms with Crippen molar-refractivity contribution in [3.63, 3.8) is 0 Å². The molecule has 7 nitrogen and oxygen atoms in total. The van der Waals surface area contributed by atoms with Crippen molar-refractivity contribution in [3.05, 3.63) is 53.6 Å². The lowest BCUT2D eigenvalue weighted by molar-refractivity contribution is -0.117. The first kappa shape index (κ1) is 19.6. The number of carbonyl (C=O) groups is 1. The number of rotatable bonds is 5. The minimum absolute atomic E-state index is 0.0337. The number of primary sulfonamides is 1. The molecule has 0 aromatic heterocycles. The highest BCUT2D eigenvalue weighted by Crippen LogP contribution is 2.26. The van der Waals surface area contributed by atoms with E-state index in [0.29, 0.717) is 5.69 Å². The van der Waals surface area contributed by atoms with Crippen LogP contribution in [0.4, 0.5) is 11.4 Å². The number of para-hydroxylation sites is 1. The molecule has 1 heterocycles. The monoisotopic (exact) mass is 408 g/mol. The number of hydrogen-bond acceptors (Lipinski definition) is 5. The molecule has 0 atom stereocenters. The van der Waals surface area contributed by atoms with Crippen molar-refractivity contribution in [1.82, 2.24) is 4.90 Å². The zero-order valence-corrected chi connectivity index (χ0v) is 16.2. The standard InChI is InChI=1S/C18H21ClN4O3S/c19-16-6-1-2-7-17(16)23-10-8-22(9-11-23)13-18(24)21-14-4-3-5-15(12-14)27(20,25)26/h1-7,12H,8-11,13H2,(H,21,24)(H2,20,25,26). The van der Waals surface area contributed by atoms with Gasteiger partial charge < -0.3 is 10.2 Å². The van der Waals surface area contributed by atoms with E-state index in [1.165, 1.54) is 18.2 Å². The summed E-state index contributed by atoms with van der Waals surface area (Å²) < 4.78 is 22.8. The molecule has 144 valence electrons. The molecule has 1 amide bonds. The van der Waals surface area contributed by atoms with Crippen LogP contribution in [-0.4, -0.2) is 51.9 Å². The van der Waals surface area contributed by atoms with Gasteiger partial charge in [-0.15, -0.1) is 0 Å². The van der Waals surface area contributed by atoms with E-state index in [1.54, 1.807) is 6.07 Å². The molecule has 0 radical (unpaired) electrons. The van der Waals surface area contributed by atoms with Gasteiger partial charge in [0.1, 0.15) is 0 Å². The fourth-order valence-corrected chi connectivity index (χ4v) is 3.82. The summed E-state index contributed by atoms with van der Waals surface area (Å²) in [5.74, 6) is -0.201. The number of nitrogens with one attached hydrogen (secondary N) is 1. The first-order valence-electron chi connectivity index (χ1n) is 8.47. The highest BCUT2D eigenvalue weighted by molar-refractivity contribution is 7.89. The van der Waals surface area contributed by atoms with Crippen molar-refractivity contribution in [2.45, 2.75) is 4.90 Å². The SMILES string of the molecule is NS(=O)(=O)c1cccc(NC(=O)CN2CCN(c3ccccc3Cl)CC2)c1. The fraction of sp³-hybridized carbons (Fsp3) is 0.278. The number of nitrogens with zero attached hydrogens (tertiary/aromatic N) is 2. The van der Waals surface area contributed by atoms with Crippen LogP contribution in [0.15, 0.2) is 53.4 Å². The Morgan fingerprint density at radius 2 is 1.78 bits per heavy atom. The van der Waals surface area contributed by atoms with Crippen LogP contribution in [-0.2, 0) is 14.8 Å². The van der Waals surface area contributed by atoms with Crippen molar-refractivity contribution in [1.29, 1.82) is 0 Å². The molecule has 2 aromatic carbocycles. The second-order valence-electron chi connectivity index (χ2n) is 6.34. The second-order valence-corrected chi connectivity index (χ2v) is 8.30. The lowest BCUT2D eigenvalue weighted by Gasteiger charge is -2.36. The first-order valence-corrected chi connectivity index (χ1v) is 10.4. The van der Waals surface area contributed by atoms with Gasteiger partial charge in [-0.1, -0.05) is 29.8 Å². The third-order valence-corrected chi connectivity index (χ3v) is 5.61. The molecule has 9 heteroatoms. The van der Waals surface area contributed by atoms with Gasteiger partial charge in [-0.05, 0) is 30.3 Å². The number of benzene rings is 2. The van der Waals surface area contributed by atoms with Crippen LogP contribution in [0, 0.1) is 0 Å². The summed E-state index contributed by atoms with van der Waals surface area (Å²) in [5, 5.41) is 8.55. The molecular weight excluding hydrogens is 388 g/mol. The van der Waals surface area contributed by atoms with Gasteiger partial charge in [0.2, 0.25) is 15.9 Å². The number of anilines is 2. The maximum Gasteiger partial charge on any atom is 0.238 e. The Balaban J connectivity index is 1.54. The Hall–Kier alpha value is -2.13. The molecule has 0 bridgehead atoms. The van der Waals surface area contributed by atoms with Gasteiger partial charge in [0.25, 0.3) is 0 Å². The second kappa shape index (κ2) is 8.26. The number of sulfonamides is 1. The van der Waals surface area contributed by atoms with E-state index in [1.807, 2.05) is 29.2 Å². The Kier molecular flexibility index (Phi) is 6.01. The van der Waals surface area contributed by atoms with Crippen LogP contribution in [0.2, 0.25) is 5.02 Å². The highest BCUT2D eigenvalue weighted by Gasteiger charge is 2.20. The molecule has 0 unspecified atom stereocenters. The lowest BCUT2D eigenvalue weighted by Crippen LogP contribution is -2.48. The van der Waals surface area contributed by atoms with E-state index in [-0.39, 0.29) is 17.3 Å². The highest BCUT2D eigenvalue weighted by atomic mass is 35.5. The fourth-order valence-electron chi connectivity index (χ4n) is 3.01. The minimum atomic E-state index is -3.80. The summed E-state index contributed by atoms with van der Waals surface area (Å²) >= 11 is 6.24. The van der Waals surface area contributed by atoms with Gasteiger partial charge in [-0.2, -0.15) is 0 Å². The van der Waals surface area contributed by atoms with Crippen LogP contribution in [0.3, 0.4) is 0 Å². The molecule has 1 aliphatic rings. The topological polar surface area (TPSA) is 95.7 Å². The Morgan fingerprint density at radius 3 is 2.44 bits per heavy atom. The summed E-state index contributed by atoms with van der Waals surface area (Å²) in [4.78, 5) is 16.5. The summed E-state index contributed by atoms with van der Waals surface area (Å²) in [6, 6.07) is 13.6. The zero-order valence-electron chi connectivity index (χ0n) is 14.6. The van der Waals surface area contributed by atoms with Crippen LogP contribution in [0.1, 0.15) is 0 Å². The van der Waals surface area contributed by atoms with Crippen LogP contribution in [0.25, 0.3) is 0 Å². The predicted octanol–water partition coefficient (Wildman–Crippen LogP) is 1.75. The summed E-state index contributed by atoms with van der Waals surface area (Å²) in [5.41, 5.74) is 1.41. The smallest absolute Gasteiger partial charge is 0.238 e.